The second-order valence-electron chi connectivity index (χ2n) is 5.61. The van der Waals surface area contributed by atoms with Crippen LogP contribution < -0.4 is 10.5 Å². The van der Waals surface area contributed by atoms with Crippen molar-refractivity contribution in [2.75, 3.05) is 19.0 Å². The maximum atomic E-state index is 13.1. The molecular weight excluding hydrogens is 298 g/mol. The molecule has 0 atom stereocenters. The average Bonchev–Trinajstić information content (AvgIpc) is 2.62. The third kappa shape index (κ3) is 2.74. The number of rotatable bonds is 4. The Bertz CT molecular complexity index is 913. The summed E-state index contributed by atoms with van der Waals surface area (Å²) in [7, 11) is 3.74. The normalized spacial score (nSPS) is 10.4. The molecular formula is C20H19N3O. The summed E-state index contributed by atoms with van der Waals surface area (Å²) in [5.41, 5.74) is 2.02. The molecule has 3 rings (SSSR count). The Balaban J connectivity index is 2.42. The van der Waals surface area contributed by atoms with Gasteiger partial charge in [0.05, 0.1) is 11.3 Å². The minimum Gasteiger partial charge on any atom is -0.362 e. The molecule has 2 aromatic carbocycles. The molecule has 0 saturated carbocycles. The standard InChI is InChI=1S/C20H19N3O/c1-4-17-19(22(2)3)21-18(15-11-7-5-8-12-15)23(20(17)24)16-13-9-6-10-14-16/h4-14H,1H2,2-3H3. The molecule has 0 fully saturated rings. The molecule has 0 unspecified atom stereocenters. The predicted octanol–water partition coefficient (Wildman–Crippen LogP) is 3.61. The highest BCUT2D eigenvalue weighted by Gasteiger charge is 2.18. The minimum atomic E-state index is -0.131. The fourth-order valence-corrected chi connectivity index (χ4v) is 2.64. The van der Waals surface area contributed by atoms with Crippen molar-refractivity contribution in [1.82, 2.24) is 9.55 Å². The van der Waals surface area contributed by atoms with E-state index in [1.807, 2.05) is 79.7 Å². The van der Waals surface area contributed by atoms with Crippen LogP contribution >= 0.6 is 0 Å². The number of aromatic nitrogens is 2. The van der Waals surface area contributed by atoms with Crippen molar-refractivity contribution in [2.45, 2.75) is 0 Å². The first kappa shape index (κ1) is 15.7. The summed E-state index contributed by atoms with van der Waals surface area (Å²) in [6.07, 6.45) is 1.57. The van der Waals surface area contributed by atoms with Gasteiger partial charge in [0, 0.05) is 19.7 Å². The van der Waals surface area contributed by atoms with Gasteiger partial charge in [-0.15, -0.1) is 0 Å². The first-order valence-corrected chi connectivity index (χ1v) is 7.71. The molecule has 0 radical (unpaired) electrons. The third-order valence-corrected chi connectivity index (χ3v) is 3.77. The van der Waals surface area contributed by atoms with Crippen molar-refractivity contribution in [2.24, 2.45) is 0 Å². The maximum Gasteiger partial charge on any atom is 0.267 e. The van der Waals surface area contributed by atoms with Gasteiger partial charge in [-0.25, -0.2) is 4.98 Å². The Hall–Kier alpha value is -3.14. The van der Waals surface area contributed by atoms with E-state index in [-0.39, 0.29) is 5.56 Å². The summed E-state index contributed by atoms with van der Waals surface area (Å²) in [5.74, 6) is 1.22. The summed E-state index contributed by atoms with van der Waals surface area (Å²) in [6.45, 7) is 3.79. The fourth-order valence-electron chi connectivity index (χ4n) is 2.64. The van der Waals surface area contributed by atoms with E-state index in [1.165, 1.54) is 0 Å². The van der Waals surface area contributed by atoms with Gasteiger partial charge in [0.2, 0.25) is 0 Å². The molecule has 0 aliphatic rings. The lowest BCUT2D eigenvalue weighted by molar-refractivity contribution is 0.922. The van der Waals surface area contributed by atoms with Crippen molar-refractivity contribution < 1.29 is 0 Å². The molecule has 4 nitrogen and oxygen atoms in total. The van der Waals surface area contributed by atoms with Gasteiger partial charge in [-0.3, -0.25) is 9.36 Å². The summed E-state index contributed by atoms with van der Waals surface area (Å²) < 4.78 is 1.64. The lowest BCUT2D eigenvalue weighted by atomic mass is 10.1. The molecule has 0 aliphatic carbocycles. The molecule has 0 spiro atoms. The topological polar surface area (TPSA) is 38.1 Å². The number of para-hydroxylation sites is 1. The molecule has 0 amide bonds. The van der Waals surface area contributed by atoms with Crippen LogP contribution in [0.5, 0.6) is 0 Å². The lowest BCUT2D eigenvalue weighted by Gasteiger charge is -2.19. The molecule has 4 heteroatoms. The molecule has 0 N–H and O–H groups in total. The van der Waals surface area contributed by atoms with Crippen LogP contribution in [0.25, 0.3) is 23.2 Å². The number of nitrogens with zero attached hydrogens (tertiary/aromatic N) is 3. The van der Waals surface area contributed by atoms with Crippen molar-refractivity contribution in [3.63, 3.8) is 0 Å². The second kappa shape index (κ2) is 6.54. The van der Waals surface area contributed by atoms with Crippen LogP contribution in [0.15, 0.2) is 72.0 Å². The molecule has 1 aromatic heterocycles. The summed E-state index contributed by atoms with van der Waals surface area (Å²) in [5, 5.41) is 0. The van der Waals surface area contributed by atoms with E-state index in [9.17, 15) is 4.79 Å². The van der Waals surface area contributed by atoms with Crippen molar-refractivity contribution in [1.29, 1.82) is 0 Å². The van der Waals surface area contributed by atoms with Crippen LogP contribution in [0, 0.1) is 0 Å². The first-order chi connectivity index (χ1) is 11.6. The molecule has 0 saturated heterocycles. The fraction of sp³-hybridized carbons (Fsp3) is 0.100. The summed E-state index contributed by atoms with van der Waals surface area (Å²) >= 11 is 0. The molecule has 24 heavy (non-hydrogen) atoms. The van der Waals surface area contributed by atoms with Gasteiger partial charge in [0.15, 0.2) is 0 Å². The Morgan fingerprint density at radius 1 is 1.00 bits per heavy atom. The van der Waals surface area contributed by atoms with E-state index < -0.39 is 0 Å². The summed E-state index contributed by atoms with van der Waals surface area (Å²) in [6, 6.07) is 19.3. The van der Waals surface area contributed by atoms with Gasteiger partial charge in [0.1, 0.15) is 11.6 Å². The van der Waals surface area contributed by atoms with Crippen molar-refractivity contribution in [3.8, 4) is 17.1 Å². The molecule has 120 valence electrons. The van der Waals surface area contributed by atoms with Gasteiger partial charge in [-0.1, -0.05) is 61.2 Å². The Kier molecular flexibility index (Phi) is 4.29. The van der Waals surface area contributed by atoms with Crippen LogP contribution in [0.1, 0.15) is 5.56 Å². The largest absolute Gasteiger partial charge is 0.362 e. The lowest BCUT2D eigenvalue weighted by Crippen LogP contribution is -2.27. The number of hydrogen-bond acceptors (Lipinski definition) is 3. The van der Waals surface area contributed by atoms with Gasteiger partial charge in [-0.05, 0) is 12.1 Å². The monoisotopic (exact) mass is 317 g/mol. The Morgan fingerprint density at radius 3 is 2.12 bits per heavy atom. The van der Waals surface area contributed by atoms with Crippen LogP contribution in [0.3, 0.4) is 0 Å². The summed E-state index contributed by atoms with van der Waals surface area (Å²) in [4.78, 5) is 19.7. The molecule has 0 bridgehead atoms. The molecule has 3 aromatic rings. The van der Waals surface area contributed by atoms with Gasteiger partial charge < -0.3 is 4.90 Å². The van der Waals surface area contributed by atoms with Gasteiger partial charge >= 0.3 is 0 Å². The predicted molar refractivity (Wildman–Crippen MR) is 99.7 cm³/mol. The highest BCUT2D eigenvalue weighted by atomic mass is 16.1. The quantitative estimate of drug-likeness (QED) is 0.738. The van der Waals surface area contributed by atoms with Crippen LogP contribution in [-0.4, -0.2) is 23.6 Å². The Labute approximate surface area is 141 Å². The van der Waals surface area contributed by atoms with Gasteiger partial charge in [0.25, 0.3) is 5.56 Å². The van der Waals surface area contributed by atoms with Crippen molar-refractivity contribution in [3.05, 3.63) is 83.2 Å². The van der Waals surface area contributed by atoms with E-state index in [0.29, 0.717) is 17.2 Å². The number of benzene rings is 2. The first-order valence-electron chi connectivity index (χ1n) is 7.71. The average molecular weight is 317 g/mol. The zero-order chi connectivity index (χ0) is 17.1. The van der Waals surface area contributed by atoms with Crippen LogP contribution in [0.2, 0.25) is 0 Å². The molecule has 1 heterocycles. The highest BCUT2D eigenvalue weighted by molar-refractivity contribution is 5.68. The van der Waals surface area contributed by atoms with Gasteiger partial charge in [-0.2, -0.15) is 0 Å². The number of anilines is 1. The zero-order valence-corrected chi connectivity index (χ0v) is 13.8. The van der Waals surface area contributed by atoms with Crippen LogP contribution in [-0.2, 0) is 0 Å². The second-order valence-corrected chi connectivity index (χ2v) is 5.61. The van der Waals surface area contributed by atoms with E-state index in [4.69, 9.17) is 4.98 Å². The van der Waals surface area contributed by atoms with E-state index >= 15 is 0 Å². The number of hydrogen-bond donors (Lipinski definition) is 0. The van der Waals surface area contributed by atoms with E-state index in [2.05, 4.69) is 6.58 Å². The smallest absolute Gasteiger partial charge is 0.267 e. The molecule has 0 aliphatic heterocycles. The maximum absolute atomic E-state index is 13.1. The third-order valence-electron chi connectivity index (χ3n) is 3.77. The van der Waals surface area contributed by atoms with Crippen LogP contribution in [0.4, 0.5) is 5.82 Å². The SMILES string of the molecule is C=Cc1c(N(C)C)nc(-c2ccccc2)n(-c2ccccc2)c1=O. The van der Waals surface area contributed by atoms with E-state index in [0.717, 1.165) is 11.3 Å². The van der Waals surface area contributed by atoms with Crippen molar-refractivity contribution >= 4 is 11.9 Å². The minimum absolute atomic E-state index is 0.131. The van der Waals surface area contributed by atoms with E-state index in [1.54, 1.807) is 10.6 Å². The zero-order valence-electron chi connectivity index (χ0n) is 13.8. The Morgan fingerprint density at radius 2 is 1.58 bits per heavy atom. The highest BCUT2D eigenvalue weighted by Crippen LogP contribution is 2.24.